The lowest BCUT2D eigenvalue weighted by Gasteiger charge is -2.06. The molecule has 0 saturated carbocycles. The standard InChI is InChI=1S/C18H13F3O/c19-18(20,21)16-12-10-15(11-13-16)17(22)9-5-4-8-14-6-2-1-3-7-14/h1-13H/b8-4+,9-5+. The van der Waals surface area contributed by atoms with Gasteiger partial charge < -0.3 is 0 Å². The van der Waals surface area contributed by atoms with Crippen molar-refractivity contribution in [3.05, 3.63) is 89.5 Å². The highest BCUT2D eigenvalue weighted by Gasteiger charge is 2.30. The van der Waals surface area contributed by atoms with E-state index in [-0.39, 0.29) is 11.3 Å². The lowest BCUT2D eigenvalue weighted by Crippen LogP contribution is -2.05. The molecule has 0 radical (unpaired) electrons. The normalized spacial score (nSPS) is 12.1. The Morgan fingerprint density at radius 2 is 1.50 bits per heavy atom. The minimum Gasteiger partial charge on any atom is -0.289 e. The number of carbonyl (C=O) groups excluding carboxylic acids is 1. The van der Waals surface area contributed by atoms with Gasteiger partial charge in [-0.05, 0) is 23.8 Å². The van der Waals surface area contributed by atoms with Gasteiger partial charge in [-0.25, -0.2) is 0 Å². The Bertz CT molecular complexity index is 681. The third-order valence-electron chi connectivity index (χ3n) is 2.94. The summed E-state index contributed by atoms with van der Waals surface area (Å²) in [7, 11) is 0. The van der Waals surface area contributed by atoms with Gasteiger partial charge in [-0.1, -0.05) is 60.7 Å². The summed E-state index contributed by atoms with van der Waals surface area (Å²) in [6.45, 7) is 0. The van der Waals surface area contributed by atoms with Crippen molar-refractivity contribution in [1.82, 2.24) is 0 Å². The Labute approximate surface area is 126 Å². The van der Waals surface area contributed by atoms with Crippen molar-refractivity contribution in [3.8, 4) is 0 Å². The SMILES string of the molecule is O=C(/C=C/C=C/c1ccccc1)c1ccc(C(F)(F)F)cc1. The first-order chi connectivity index (χ1) is 10.5. The van der Waals surface area contributed by atoms with E-state index in [1.54, 1.807) is 12.2 Å². The molecule has 0 bridgehead atoms. The second kappa shape index (κ2) is 6.89. The zero-order valence-electron chi connectivity index (χ0n) is 11.5. The number of carbonyl (C=O) groups is 1. The molecular formula is C18H13F3O. The Morgan fingerprint density at radius 1 is 0.864 bits per heavy atom. The number of rotatable bonds is 4. The lowest BCUT2D eigenvalue weighted by atomic mass is 10.1. The molecule has 0 N–H and O–H groups in total. The highest BCUT2D eigenvalue weighted by atomic mass is 19.4. The predicted molar refractivity (Wildman–Crippen MR) is 80.4 cm³/mol. The average molecular weight is 302 g/mol. The molecule has 2 rings (SSSR count). The zero-order valence-corrected chi connectivity index (χ0v) is 11.5. The van der Waals surface area contributed by atoms with Crippen molar-refractivity contribution in [1.29, 1.82) is 0 Å². The molecule has 2 aromatic carbocycles. The molecule has 2 aromatic rings. The van der Waals surface area contributed by atoms with Gasteiger partial charge in [-0.15, -0.1) is 0 Å². The summed E-state index contributed by atoms with van der Waals surface area (Å²) in [5.41, 5.74) is 0.448. The smallest absolute Gasteiger partial charge is 0.289 e. The van der Waals surface area contributed by atoms with Crippen LogP contribution in [0, 0.1) is 0 Å². The first-order valence-corrected chi connectivity index (χ1v) is 6.58. The van der Waals surface area contributed by atoms with Crippen molar-refractivity contribution in [2.45, 2.75) is 6.18 Å². The molecule has 0 heterocycles. The molecule has 4 heteroatoms. The maximum absolute atomic E-state index is 12.4. The molecule has 0 saturated heterocycles. The molecule has 1 nitrogen and oxygen atoms in total. The number of hydrogen-bond donors (Lipinski definition) is 0. The maximum atomic E-state index is 12.4. The highest BCUT2D eigenvalue weighted by molar-refractivity contribution is 6.04. The van der Waals surface area contributed by atoms with Crippen molar-refractivity contribution in [2.24, 2.45) is 0 Å². The van der Waals surface area contributed by atoms with E-state index in [1.165, 1.54) is 18.2 Å². The second-order valence-electron chi connectivity index (χ2n) is 4.57. The molecule has 0 aliphatic carbocycles. The molecule has 112 valence electrons. The third-order valence-corrected chi connectivity index (χ3v) is 2.94. The highest BCUT2D eigenvalue weighted by Crippen LogP contribution is 2.29. The van der Waals surface area contributed by atoms with Crippen LogP contribution in [-0.4, -0.2) is 5.78 Å². The van der Waals surface area contributed by atoms with Crippen LogP contribution in [0.3, 0.4) is 0 Å². The largest absolute Gasteiger partial charge is 0.416 e. The van der Waals surface area contributed by atoms with E-state index >= 15 is 0 Å². The van der Waals surface area contributed by atoms with Crippen LogP contribution < -0.4 is 0 Å². The van der Waals surface area contributed by atoms with Crippen LogP contribution >= 0.6 is 0 Å². The van der Waals surface area contributed by atoms with Crippen LogP contribution in [0.2, 0.25) is 0 Å². The number of allylic oxidation sites excluding steroid dienone is 3. The molecule has 0 fully saturated rings. The van der Waals surface area contributed by atoms with Crippen LogP contribution in [0.25, 0.3) is 6.08 Å². The molecule has 0 aliphatic rings. The Hall–Kier alpha value is -2.62. The molecule has 0 amide bonds. The third kappa shape index (κ3) is 4.45. The summed E-state index contributed by atoms with van der Waals surface area (Å²) in [5.74, 6) is -0.341. The lowest BCUT2D eigenvalue weighted by molar-refractivity contribution is -0.137. The Kier molecular flexibility index (Phi) is 4.94. The summed E-state index contributed by atoms with van der Waals surface area (Å²) in [6, 6.07) is 13.7. The molecule has 0 atom stereocenters. The summed E-state index contributed by atoms with van der Waals surface area (Å²) in [5, 5.41) is 0. The summed E-state index contributed by atoms with van der Waals surface area (Å²) >= 11 is 0. The zero-order chi connectivity index (χ0) is 16.0. The second-order valence-corrected chi connectivity index (χ2v) is 4.57. The fraction of sp³-hybridized carbons (Fsp3) is 0.0556. The van der Waals surface area contributed by atoms with Crippen molar-refractivity contribution >= 4 is 11.9 Å². The molecule has 0 unspecified atom stereocenters. The Balaban J connectivity index is 2.00. The summed E-state index contributed by atoms with van der Waals surface area (Å²) in [4.78, 5) is 11.8. The van der Waals surface area contributed by atoms with Gasteiger partial charge in [-0.3, -0.25) is 4.79 Å². The summed E-state index contributed by atoms with van der Waals surface area (Å²) in [6.07, 6.45) is 2.03. The van der Waals surface area contributed by atoms with E-state index in [4.69, 9.17) is 0 Å². The average Bonchev–Trinajstić information content (AvgIpc) is 2.52. The van der Waals surface area contributed by atoms with Crippen LogP contribution in [0.5, 0.6) is 0 Å². The fourth-order valence-electron chi connectivity index (χ4n) is 1.79. The van der Waals surface area contributed by atoms with E-state index in [0.29, 0.717) is 0 Å². The van der Waals surface area contributed by atoms with Gasteiger partial charge in [0, 0.05) is 5.56 Å². The van der Waals surface area contributed by atoms with Crippen LogP contribution in [0.15, 0.2) is 72.8 Å². The van der Waals surface area contributed by atoms with Gasteiger partial charge in [0.2, 0.25) is 0 Å². The van der Waals surface area contributed by atoms with Crippen LogP contribution in [0.4, 0.5) is 13.2 Å². The number of hydrogen-bond acceptors (Lipinski definition) is 1. The minimum atomic E-state index is -4.39. The van der Waals surface area contributed by atoms with E-state index in [2.05, 4.69) is 0 Å². The molecule has 22 heavy (non-hydrogen) atoms. The molecule has 0 aliphatic heterocycles. The van der Waals surface area contributed by atoms with Gasteiger partial charge in [0.1, 0.15) is 0 Å². The van der Waals surface area contributed by atoms with Crippen molar-refractivity contribution in [3.63, 3.8) is 0 Å². The number of benzene rings is 2. The van der Waals surface area contributed by atoms with Gasteiger partial charge >= 0.3 is 6.18 Å². The monoisotopic (exact) mass is 302 g/mol. The van der Waals surface area contributed by atoms with Crippen LogP contribution in [-0.2, 0) is 6.18 Å². The quantitative estimate of drug-likeness (QED) is 0.433. The van der Waals surface area contributed by atoms with Crippen molar-refractivity contribution < 1.29 is 18.0 Å². The van der Waals surface area contributed by atoms with Crippen molar-refractivity contribution in [2.75, 3.05) is 0 Å². The Morgan fingerprint density at radius 3 is 2.09 bits per heavy atom. The van der Waals surface area contributed by atoms with E-state index < -0.39 is 11.7 Å². The molecular weight excluding hydrogens is 289 g/mol. The minimum absolute atomic E-state index is 0.220. The predicted octanol–water partition coefficient (Wildman–Crippen LogP) is 5.16. The van der Waals surface area contributed by atoms with Crippen LogP contribution in [0.1, 0.15) is 21.5 Å². The van der Waals surface area contributed by atoms with Gasteiger partial charge in [0.05, 0.1) is 5.56 Å². The fourth-order valence-corrected chi connectivity index (χ4v) is 1.79. The first kappa shape index (κ1) is 15.8. The van der Waals surface area contributed by atoms with Gasteiger partial charge in [0.15, 0.2) is 5.78 Å². The molecule has 0 spiro atoms. The van der Waals surface area contributed by atoms with Gasteiger partial charge in [-0.2, -0.15) is 13.2 Å². The number of ketones is 1. The maximum Gasteiger partial charge on any atom is 0.416 e. The number of halogens is 3. The number of alkyl halides is 3. The molecule has 0 aromatic heterocycles. The van der Waals surface area contributed by atoms with E-state index in [9.17, 15) is 18.0 Å². The first-order valence-electron chi connectivity index (χ1n) is 6.58. The van der Waals surface area contributed by atoms with Gasteiger partial charge in [0.25, 0.3) is 0 Å². The summed E-state index contributed by atoms with van der Waals surface area (Å²) < 4.78 is 37.3. The van der Waals surface area contributed by atoms with E-state index in [0.717, 1.165) is 17.7 Å². The van der Waals surface area contributed by atoms with E-state index in [1.807, 2.05) is 36.4 Å². The topological polar surface area (TPSA) is 17.1 Å².